The number of hydrogen-bond acceptors (Lipinski definition) is 4. The monoisotopic (exact) mass is 367 g/mol. The Morgan fingerprint density at radius 2 is 1.70 bits per heavy atom. The number of benzene rings is 2. The van der Waals surface area contributed by atoms with Crippen LogP contribution < -0.4 is 20.7 Å². The Kier molecular flexibility index (Phi) is 7.13. The Balaban J connectivity index is 2.02. The second-order valence-electron chi connectivity index (χ2n) is 5.53. The van der Waals surface area contributed by atoms with E-state index in [1.807, 2.05) is 12.1 Å². The van der Waals surface area contributed by atoms with E-state index in [9.17, 15) is 14.4 Å². The van der Waals surface area contributed by atoms with E-state index in [0.717, 1.165) is 11.3 Å². The first-order valence-corrected chi connectivity index (χ1v) is 8.25. The van der Waals surface area contributed by atoms with Gasteiger partial charge >= 0.3 is 11.8 Å². The summed E-state index contributed by atoms with van der Waals surface area (Å²) < 4.78 is 5.09. The zero-order valence-corrected chi connectivity index (χ0v) is 15.0. The van der Waals surface area contributed by atoms with Crippen molar-refractivity contribution in [3.05, 3.63) is 72.3 Å². The molecule has 0 aliphatic heterocycles. The van der Waals surface area contributed by atoms with Gasteiger partial charge in [0.1, 0.15) is 5.75 Å². The first-order valence-electron chi connectivity index (χ1n) is 8.25. The molecule has 0 saturated carbocycles. The van der Waals surface area contributed by atoms with E-state index < -0.39 is 11.8 Å². The number of hydrogen-bond donors (Lipinski definition) is 3. The van der Waals surface area contributed by atoms with Gasteiger partial charge < -0.3 is 20.7 Å². The smallest absolute Gasteiger partial charge is 0.313 e. The van der Waals surface area contributed by atoms with Crippen LogP contribution >= 0.6 is 0 Å². The Morgan fingerprint density at radius 3 is 2.37 bits per heavy atom. The zero-order valence-electron chi connectivity index (χ0n) is 15.0. The van der Waals surface area contributed by atoms with Crippen LogP contribution in [0.5, 0.6) is 5.75 Å². The van der Waals surface area contributed by atoms with Gasteiger partial charge in [-0.15, -0.1) is 6.58 Å². The molecule has 2 aromatic carbocycles. The molecule has 3 amide bonds. The van der Waals surface area contributed by atoms with Crippen molar-refractivity contribution in [3.8, 4) is 5.75 Å². The molecule has 0 aromatic heterocycles. The van der Waals surface area contributed by atoms with Crippen molar-refractivity contribution in [2.24, 2.45) is 0 Å². The summed E-state index contributed by atoms with van der Waals surface area (Å²) in [6.07, 6.45) is 1.46. The summed E-state index contributed by atoms with van der Waals surface area (Å²) in [6.45, 7) is 3.95. The standard InChI is InChI=1S/C20H21N3O4/c1-3-12-21-19(25)20(26)23-17-7-5-4-6-16(17)18(24)22-13-14-8-10-15(27-2)11-9-14/h3-11H,1,12-13H2,2H3,(H,21,25)(H,22,24)(H,23,26). The summed E-state index contributed by atoms with van der Waals surface area (Å²) in [5.41, 5.74) is 1.41. The van der Waals surface area contributed by atoms with E-state index in [-0.39, 0.29) is 23.7 Å². The molecule has 0 radical (unpaired) electrons. The predicted octanol–water partition coefficient (Wildman–Crippen LogP) is 1.87. The lowest BCUT2D eigenvalue weighted by atomic mass is 10.1. The second-order valence-corrected chi connectivity index (χ2v) is 5.53. The highest BCUT2D eigenvalue weighted by Gasteiger charge is 2.17. The average Bonchev–Trinajstić information content (AvgIpc) is 2.70. The molecule has 0 unspecified atom stereocenters. The zero-order chi connectivity index (χ0) is 19.6. The van der Waals surface area contributed by atoms with Crippen molar-refractivity contribution < 1.29 is 19.1 Å². The maximum Gasteiger partial charge on any atom is 0.313 e. The Hall–Kier alpha value is -3.61. The van der Waals surface area contributed by atoms with Gasteiger partial charge in [0.05, 0.1) is 18.4 Å². The average molecular weight is 367 g/mol. The summed E-state index contributed by atoms with van der Waals surface area (Å²) >= 11 is 0. The van der Waals surface area contributed by atoms with Crippen LogP contribution in [0, 0.1) is 0 Å². The van der Waals surface area contributed by atoms with Gasteiger partial charge in [0.15, 0.2) is 0 Å². The highest BCUT2D eigenvalue weighted by atomic mass is 16.5. The van der Waals surface area contributed by atoms with Crippen LogP contribution in [0.15, 0.2) is 61.2 Å². The lowest BCUT2D eigenvalue weighted by molar-refractivity contribution is -0.136. The van der Waals surface area contributed by atoms with Crippen molar-refractivity contribution in [3.63, 3.8) is 0 Å². The van der Waals surface area contributed by atoms with E-state index >= 15 is 0 Å². The normalized spacial score (nSPS) is 9.81. The molecule has 0 fully saturated rings. The summed E-state index contributed by atoms with van der Waals surface area (Å²) in [7, 11) is 1.58. The number of amides is 3. The van der Waals surface area contributed by atoms with Gasteiger partial charge in [-0.3, -0.25) is 14.4 Å². The summed E-state index contributed by atoms with van der Waals surface area (Å²) in [6, 6.07) is 13.8. The molecule has 2 aromatic rings. The SMILES string of the molecule is C=CCNC(=O)C(=O)Nc1ccccc1C(=O)NCc1ccc(OC)cc1. The molecular formula is C20H21N3O4. The molecule has 140 valence electrons. The predicted molar refractivity (Wildman–Crippen MR) is 102 cm³/mol. The fraction of sp³-hybridized carbons (Fsp3) is 0.150. The maximum atomic E-state index is 12.5. The molecule has 0 atom stereocenters. The molecule has 0 aliphatic carbocycles. The van der Waals surface area contributed by atoms with Crippen LogP contribution in [-0.4, -0.2) is 31.4 Å². The van der Waals surface area contributed by atoms with Crippen LogP contribution in [0.4, 0.5) is 5.69 Å². The second kappa shape index (κ2) is 9.76. The molecule has 0 spiro atoms. The van der Waals surface area contributed by atoms with Crippen molar-refractivity contribution in [2.45, 2.75) is 6.54 Å². The Bertz CT molecular complexity index is 831. The lowest BCUT2D eigenvalue weighted by Crippen LogP contribution is -2.36. The fourth-order valence-corrected chi connectivity index (χ4v) is 2.24. The number of carbonyl (C=O) groups excluding carboxylic acids is 3. The topological polar surface area (TPSA) is 96.5 Å². The molecule has 7 heteroatoms. The molecular weight excluding hydrogens is 346 g/mol. The van der Waals surface area contributed by atoms with E-state index in [4.69, 9.17) is 4.74 Å². The Morgan fingerprint density at radius 1 is 1.00 bits per heavy atom. The van der Waals surface area contributed by atoms with E-state index in [2.05, 4.69) is 22.5 Å². The Labute approximate surface area is 157 Å². The van der Waals surface area contributed by atoms with Gasteiger partial charge in [0, 0.05) is 13.1 Å². The number of nitrogens with one attached hydrogen (secondary N) is 3. The number of ether oxygens (including phenoxy) is 1. The van der Waals surface area contributed by atoms with Crippen molar-refractivity contribution in [2.75, 3.05) is 19.0 Å². The van der Waals surface area contributed by atoms with Crippen LogP contribution in [0.2, 0.25) is 0 Å². The maximum absolute atomic E-state index is 12.5. The summed E-state index contributed by atoms with van der Waals surface area (Å²) in [5.74, 6) is -1.29. The minimum absolute atomic E-state index is 0.177. The van der Waals surface area contributed by atoms with Crippen LogP contribution in [0.3, 0.4) is 0 Å². The molecule has 0 saturated heterocycles. The third kappa shape index (κ3) is 5.71. The summed E-state index contributed by atoms with van der Waals surface area (Å²) in [4.78, 5) is 36.1. The van der Waals surface area contributed by atoms with Crippen molar-refractivity contribution >= 4 is 23.4 Å². The van der Waals surface area contributed by atoms with Crippen LogP contribution in [-0.2, 0) is 16.1 Å². The van der Waals surface area contributed by atoms with E-state index in [1.165, 1.54) is 6.08 Å². The highest BCUT2D eigenvalue weighted by molar-refractivity contribution is 6.40. The molecule has 3 N–H and O–H groups in total. The van der Waals surface area contributed by atoms with Gasteiger partial charge in [-0.25, -0.2) is 0 Å². The number of rotatable bonds is 7. The quantitative estimate of drug-likeness (QED) is 0.514. The number of para-hydroxylation sites is 1. The molecule has 27 heavy (non-hydrogen) atoms. The van der Waals surface area contributed by atoms with Crippen molar-refractivity contribution in [1.29, 1.82) is 0 Å². The van der Waals surface area contributed by atoms with Crippen LogP contribution in [0.25, 0.3) is 0 Å². The first-order chi connectivity index (χ1) is 13.0. The van der Waals surface area contributed by atoms with Gasteiger partial charge in [-0.2, -0.15) is 0 Å². The minimum Gasteiger partial charge on any atom is -0.497 e. The van der Waals surface area contributed by atoms with E-state index in [0.29, 0.717) is 6.54 Å². The van der Waals surface area contributed by atoms with Crippen LogP contribution in [0.1, 0.15) is 15.9 Å². The number of carbonyl (C=O) groups is 3. The largest absolute Gasteiger partial charge is 0.497 e. The third-order valence-corrected chi connectivity index (χ3v) is 3.65. The van der Waals surface area contributed by atoms with E-state index in [1.54, 1.807) is 43.5 Å². The molecule has 0 heterocycles. The number of anilines is 1. The number of methoxy groups -OCH3 is 1. The molecule has 0 bridgehead atoms. The lowest BCUT2D eigenvalue weighted by Gasteiger charge is -2.11. The highest BCUT2D eigenvalue weighted by Crippen LogP contribution is 2.16. The summed E-state index contributed by atoms with van der Waals surface area (Å²) in [5, 5.41) is 7.61. The minimum atomic E-state index is -0.854. The third-order valence-electron chi connectivity index (χ3n) is 3.65. The van der Waals surface area contributed by atoms with Crippen molar-refractivity contribution in [1.82, 2.24) is 10.6 Å². The van der Waals surface area contributed by atoms with Gasteiger partial charge in [-0.1, -0.05) is 30.3 Å². The van der Waals surface area contributed by atoms with Gasteiger partial charge in [-0.05, 0) is 29.8 Å². The molecule has 2 rings (SSSR count). The van der Waals surface area contributed by atoms with Gasteiger partial charge in [0.25, 0.3) is 5.91 Å². The molecule has 7 nitrogen and oxygen atoms in total. The molecule has 0 aliphatic rings. The fourth-order valence-electron chi connectivity index (χ4n) is 2.24. The first kappa shape index (κ1) is 19.7. The van der Waals surface area contributed by atoms with Gasteiger partial charge in [0.2, 0.25) is 0 Å².